The van der Waals surface area contributed by atoms with Crippen LogP contribution in [-0.2, 0) is 4.79 Å². The van der Waals surface area contributed by atoms with Gasteiger partial charge in [0.05, 0.1) is 5.41 Å². The fourth-order valence-electron chi connectivity index (χ4n) is 3.98. The SMILES string of the molecule is CC1CCC(C2(C(=O)O)CCC(C)(C)CC2)CC1. The van der Waals surface area contributed by atoms with E-state index in [0.717, 1.165) is 44.4 Å². The fraction of sp³-hybridized carbons (Fsp3) is 0.938. The number of hydrogen-bond donors (Lipinski definition) is 1. The van der Waals surface area contributed by atoms with E-state index in [2.05, 4.69) is 20.8 Å². The molecular formula is C16H28O2. The molecule has 0 unspecified atom stereocenters. The molecule has 0 amide bonds. The van der Waals surface area contributed by atoms with Crippen molar-refractivity contribution in [1.29, 1.82) is 0 Å². The minimum absolute atomic E-state index is 0.348. The first kappa shape index (κ1) is 13.9. The van der Waals surface area contributed by atoms with E-state index >= 15 is 0 Å². The van der Waals surface area contributed by atoms with Gasteiger partial charge in [-0.05, 0) is 55.8 Å². The lowest BCUT2D eigenvalue weighted by Gasteiger charge is -2.47. The minimum Gasteiger partial charge on any atom is -0.481 e. The molecule has 2 fully saturated rings. The monoisotopic (exact) mass is 252 g/mol. The molecular weight excluding hydrogens is 224 g/mol. The molecule has 0 heterocycles. The fourth-order valence-corrected chi connectivity index (χ4v) is 3.98. The van der Waals surface area contributed by atoms with Crippen molar-refractivity contribution in [1.82, 2.24) is 0 Å². The van der Waals surface area contributed by atoms with Crippen molar-refractivity contribution in [3.05, 3.63) is 0 Å². The van der Waals surface area contributed by atoms with Crippen molar-refractivity contribution in [3.8, 4) is 0 Å². The largest absolute Gasteiger partial charge is 0.481 e. The van der Waals surface area contributed by atoms with E-state index < -0.39 is 11.4 Å². The van der Waals surface area contributed by atoms with Crippen molar-refractivity contribution in [2.45, 2.75) is 72.1 Å². The lowest BCUT2D eigenvalue weighted by molar-refractivity contribution is -0.158. The van der Waals surface area contributed by atoms with Gasteiger partial charge in [-0.1, -0.05) is 33.6 Å². The molecule has 2 rings (SSSR count). The van der Waals surface area contributed by atoms with E-state index in [1.54, 1.807) is 0 Å². The third kappa shape index (κ3) is 2.57. The Morgan fingerprint density at radius 2 is 1.50 bits per heavy atom. The standard InChI is InChI=1S/C16H28O2/c1-12-4-6-13(7-5-12)16(14(17)18)10-8-15(2,3)9-11-16/h12-13H,4-11H2,1-3H3,(H,17,18). The summed E-state index contributed by atoms with van der Waals surface area (Å²) in [4.78, 5) is 11.9. The van der Waals surface area contributed by atoms with Crippen LogP contribution in [0.25, 0.3) is 0 Å². The van der Waals surface area contributed by atoms with Gasteiger partial charge in [0.2, 0.25) is 0 Å². The molecule has 0 aromatic rings. The topological polar surface area (TPSA) is 37.3 Å². The van der Waals surface area contributed by atoms with Crippen LogP contribution in [0.3, 0.4) is 0 Å². The summed E-state index contributed by atoms with van der Waals surface area (Å²) in [7, 11) is 0. The zero-order chi connectivity index (χ0) is 13.4. The molecule has 2 aliphatic rings. The second-order valence-electron chi connectivity index (χ2n) is 7.58. The highest BCUT2D eigenvalue weighted by Gasteiger charge is 2.49. The maximum Gasteiger partial charge on any atom is 0.309 e. The van der Waals surface area contributed by atoms with Crippen LogP contribution >= 0.6 is 0 Å². The lowest BCUT2D eigenvalue weighted by Crippen LogP contribution is -2.44. The number of carboxylic acid groups (broad SMARTS) is 1. The molecule has 1 N–H and O–H groups in total. The highest BCUT2D eigenvalue weighted by molar-refractivity contribution is 5.75. The van der Waals surface area contributed by atoms with E-state index in [0.29, 0.717) is 11.3 Å². The molecule has 0 saturated heterocycles. The smallest absolute Gasteiger partial charge is 0.309 e. The van der Waals surface area contributed by atoms with E-state index in [-0.39, 0.29) is 0 Å². The van der Waals surface area contributed by atoms with Gasteiger partial charge in [-0.25, -0.2) is 0 Å². The van der Waals surface area contributed by atoms with E-state index in [1.807, 2.05) is 0 Å². The maximum absolute atomic E-state index is 11.9. The summed E-state index contributed by atoms with van der Waals surface area (Å²) >= 11 is 0. The van der Waals surface area contributed by atoms with Crippen LogP contribution < -0.4 is 0 Å². The normalized spacial score (nSPS) is 35.1. The molecule has 2 aliphatic carbocycles. The molecule has 0 atom stereocenters. The van der Waals surface area contributed by atoms with Crippen LogP contribution in [0.15, 0.2) is 0 Å². The Balaban J connectivity index is 2.11. The summed E-state index contributed by atoms with van der Waals surface area (Å²) in [5.74, 6) is 0.715. The number of carbonyl (C=O) groups is 1. The number of carboxylic acids is 1. The van der Waals surface area contributed by atoms with Gasteiger partial charge in [0.15, 0.2) is 0 Å². The average Bonchev–Trinajstić information content (AvgIpc) is 2.30. The van der Waals surface area contributed by atoms with Gasteiger partial charge in [0.25, 0.3) is 0 Å². The molecule has 0 spiro atoms. The molecule has 104 valence electrons. The van der Waals surface area contributed by atoms with Crippen molar-refractivity contribution in [2.75, 3.05) is 0 Å². The maximum atomic E-state index is 11.9. The zero-order valence-corrected chi connectivity index (χ0v) is 12.2. The van der Waals surface area contributed by atoms with Crippen molar-refractivity contribution >= 4 is 5.97 Å². The quantitative estimate of drug-likeness (QED) is 0.786. The van der Waals surface area contributed by atoms with Crippen LogP contribution in [0.2, 0.25) is 0 Å². The van der Waals surface area contributed by atoms with Gasteiger partial charge in [-0.15, -0.1) is 0 Å². The second-order valence-corrected chi connectivity index (χ2v) is 7.58. The highest BCUT2D eigenvalue weighted by atomic mass is 16.4. The van der Waals surface area contributed by atoms with Crippen molar-refractivity contribution in [2.24, 2.45) is 22.7 Å². The molecule has 0 radical (unpaired) electrons. The first-order valence-corrected chi connectivity index (χ1v) is 7.59. The molecule has 18 heavy (non-hydrogen) atoms. The van der Waals surface area contributed by atoms with Gasteiger partial charge < -0.3 is 5.11 Å². The molecule has 2 nitrogen and oxygen atoms in total. The number of hydrogen-bond acceptors (Lipinski definition) is 1. The van der Waals surface area contributed by atoms with E-state index in [4.69, 9.17) is 0 Å². The summed E-state index contributed by atoms with van der Waals surface area (Å²) in [6.07, 6.45) is 8.66. The first-order chi connectivity index (χ1) is 8.36. The number of aliphatic carboxylic acids is 1. The summed E-state index contributed by atoms with van der Waals surface area (Å²) in [6, 6.07) is 0. The molecule has 0 bridgehead atoms. The average molecular weight is 252 g/mol. The summed E-state index contributed by atoms with van der Waals surface area (Å²) in [6.45, 7) is 6.86. The van der Waals surface area contributed by atoms with Gasteiger partial charge >= 0.3 is 5.97 Å². The van der Waals surface area contributed by atoms with E-state index in [1.165, 1.54) is 12.8 Å². The minimum atomic E-state index is -0.516. The van der Waals surface area contributed by atoms with Gasteiger partial charge in [-0.3, -0.25) is 4.79 Å². The molecule has 0 aromatic carbocycles. The van der Waals surface area contributed by atoms with Gasteiger partial charge in [0.1, 0.15) is 0 Å². The van der Waals surface area contributed by atoms with Crippen molar-refractivity contribution < 1.29 is 9.90 Å². The Kier molecular flexibility index (Phi) is 3.75. The summed E-state index contributed by atoms with van der Waals surface area (Å²) < 4.78 is 0. The molecule has 2 saturated carbocycles. The van der Waals surface area contributed by atoms with Gasteiger partial charge in [-0.2, -0.15) is 0 Å². The second kappa shape index (κ2) is 4.86. The Hall–Kier alpha value is -0.530. The third-order valence-corrected chi connectivity index (χ3v) is 5.72. The predicted octanol–water partition coefficient (Wildman–Crippen LogP) is 4.48. The summed E-state index contributed by atoms with van der Waals surface area (Å²) in [5.41, 5.74) is -0.0451. The van der Waals surface area contributed by atoms with Crippen LogP contribution in [0.4, 0.5) is 0 Å². The van der Waals surface area contributed by atoms with Crippen LogP contribution in [0, 0.1) is 22.7 Å². The van der Waals surface area contributed by atoms with Crippen molar-refractivity contribution in [3.63, 3.8) is 0 Å². The summed E-state index contributed by atoms with van der Waals surface area (Å²) in [5, 5.41) is 9.78. The highest BCUT2D eigenvalue weighted by Crippen LogP contribution is 2.53. The first-order valence-electron chi connectivity index (χ1n) is 7.59. The van der Waals surface area contributed by atoms with Crippen LogP contribution in [-0.4, -0.2) is 11.1 Å². The Bertz CT molecular complexity index is 301. The van der Waals surface area contributed by atoms with Crippen LogP contribution in [0.1, 0.15) is 72.1 Å². The molecule has 0 aromatic heterocycles. The number of rotatable bonds is 2. The van der Waals surface area contributed by atoms with E-state index in [9.17, 15) is 9.90 Å². The molecule has 0 aliphatic heterocycles. The predicted molar refractivity (Wildman–Crippen MR) is 73.4 cm³/mol. The molecule has 2 heteroatoms. The Morgan fingerprint density at radius 3 is 1.94 bits per heavy atom. The Morgan fingerprint density at radius 1 is 1.00 bits per heavy atom. The Labute approximate surface area is 111 Å². The third-order valence-electron chi connectivity index (χ3n) is 5.72. The van der Waals surface area contributed by atoms with Gasteiger partial charge in [0, 0.05) is 0 Å². The van der Waals surface area contributed by atoms with Crippen LogP contribution in [0.5, 0.6) is 0 Å². The lowest BCUT2D eigenvalue weighted by atomic mass is 9.57. The zero-order valence-electron chi connectivity index (χ0n) is 12.2.